The number of nitrogens with one attached hydrogen (secondary N) is 1. The molecule has 0 unspecified atom stereocenters. The number of sulfonamides is 1. The number of imidazole rings is 1. The third-order valence-electron chi connectivity index (χ3n) is 1.51. The van der Waals surface area contributed by atoms with Crippen LogP contribution >= 0.6 is 0 Å². The fourth-order valence-electron chi connectivity index (χ4n) is 0.813. The monoisotopic (exact) mass is 205 g/mol. The Labute approximate surface area is 76.2 Å². The lowest BCUT2D eigenvalue weighted by Gasteiger charge is -2.10. The van der Waals surface area contributed by atoms with Gasteiger partial charge in [0.1, 0.15) is 5.82 Å². The summed E-state index contributed by atoms with van der Waals surface area (Å²) in [5.41, 5.74) is 0. The molecule has 0 saturated heterocycles. The molecule has 1 heterocycles. The minimum Gasteiger partial charge on any atom is -0.332 e. The molecule has 0 aliphatic heterocycles. The summed E-state index contributed by atoms with van der Waals surface area (Å²) in [6, 6.07) is 0. The van der Waals surface area contributed by atoms with Crippen LogP contribution in [0.3, 0.4) is 0 Å². The van der Waals surface area contributed by atoms with Gasteiger partial charge in [-0.25, -0.2) is 13.4 Å². The molecule has 13 heavy (non-hydrogen) atoms. The average Bonchev–Trinajstić information content (AvgIpc) is 2.50. The highest BCUT2D eigenvalue weighted by Gasteiger charge is 2.22. The molecule has 0 spiro atoms. The van der Waals surface area contributed by atoms with E-state index in [1.807, 2.05) is 0 Å². The van der Waals surface area contributed by atoms with Crippen molar-refractivity contribution in [3.63, 3.8) is 0 Å². The first-order valence-electron chi connectivity index (χ1n) is 3.71. The maximum Gasteiger partial charge on any atom is 0.281 e. The normalized spacial score (nSPS) is 12.3. The molecule has 0 aromatic carbocycles. The Morgan fingerprint density at radius 2 is 2.31 bits per heavy atom. The molecule has 74 valence electrons. The Morgan fingerprint density at radius 1 is 1.69 bits per heavy atom. The molecule has 0 bridgehead atoms. The van der Waals surface area contributed by atoms with Crippen molar-refractivity contribution in [2.75, 3.05) is 6.54 Å². The highest BCUT2D eigenvalue weighted by Crippen LogP contribution is 2.10. The smallest absolute Gasteiger partial charge is 0.281 e. The van der Waals surface area contributed by atoms with Crippen LogP contribution in [0.1, 0.15) is 12.7 Å². The van der Waals surface area contributed by atoms with Gasteiger partial charge in [0.15, 0.2) is 5.03 Å². The summed E-state index contributed by atoms with van der Waals surface area (Å²) in [4.78, 5) is 6.26. The molecule has 0 saturated carbocycles. The summed E-state index contributed by atoms with van der Waals surface area (Å²) < 4.78 is 23.0. The van der Waals surface area contributed by atoms with Crippen molar-refractivity contribution in [1.82, 2.24) is 14.4 Å². The molecule has 1 rings (SSSR count). The van der Waals surface area contributed by atoms with Crippen molar-refractivity contribution in [2.45, 2.75) is 18.9 Å². The number of hydrogen-bond acceptors (Lipinski definition) is 4. The Kier molecular flexibility index (Phi) is 2.69. The van der Waals surface area contributed by atoms with Gasteiger partial charge < -0.3 is 4.98 Å². The van der Waals surface area contributed by atoms with Crippen LogP contribution < -0.4 is 0 Å². The van der Waals surface area contributed by atoms with Crippen molar-refractivity contribution >= 4 is 10.0 Å². The van der Waals surface area contributed by atoms with Crippen molar-refractivity contribution in [1.29, 1.82) is 0 Å². The molecular formula is C6H11N3O3S. The van der Waals surface area contributed by atoms with Crippen molar-refractivity contribution < 1.29 is 13.6 Å². The number of aromatic amines is 1. The first kappa shape index (κ1) is 10.2. The molecule has 2 N–H and O–H groups in total. The average molecular weight is 205 g/mol. The van der Waals surface area contributed by atoms with E-state index in [9.17, 15) is 8.42 Å². The minimum atomic E-state index is -3.80. The third kappa shape index (κ3) is 1.87. The quantitative estimate of drug-likeness (QED) is 0.686. The van der Waals surface area contributed by atoms with E-state index in [-0.39, 0.29) is 16.0 Å². The molecule has 0 atom stereocenters. The highest BCUT2D eigenvalue weighted by molar-refractivity contribution is 7.88. The summed E-state index contributed by atoms with van der Waals surface area (Å²) in [6.45, 7) is 3.16. The van der Waals surface area contributed by atoms with Gasteiger partial charge in [-0.05, 0) is 13.8 Å². The number of hydroxylamine groups is 1. The van der Waals surface area contributed by atoms with E-state index >= 15 is 0 Å². The molecule has 7 heteroatoms. The van der Waals surface area contributed by atoms with Gasteiger partial charge in [-0.2, -0.15) is 0 Å². The third-order valence-corrected chi connectivity index (χ3v) is 3.08. The predicted octanol–water partition coefficient (Wildman–Crippen LogP) is 0.118. The first-order chi connectivity index (χ1) is 5.98. The first-order valence-corrected chi connectivity index (χ1v) is 5.15. The van der Waals surface area contributed by atoms with E-state index in [0.29, 0.717) is 5.82 Å². The van der Waals surface area contributed by atoms with Crippen LogP contribution in [-0.4, -0.2) is 34.6 Å². The minimum absolute atomic E-state index is 0.000398. The molecule has 0 radical (unpaired) electrons. The Morgan fingerprint density at radius 3 is 2.69 bits per heavy atom. The lowest BCUT2D eigenvalue weighted by atomic mass is 10.8. The van der Waals surface area contributed by atoms with E-state index in [1.54, 1.807) is 6.92 Å². The van der Waals surface area contributed by atoms with Gasteiger partial charge in [-0.3, -0.25) is 5.21 Å². The van der Waals surface area contributed by atoms with Crippen LogP contribution in [0.15, 0.2) is 11.2 Å². The van der Waals surface area contributed by atoms with Crippen LogP contribution in [0.5, 0.6) is 0 Å². The fourth-order valence-corrected chi connectivity index (χ4v) is 1.84. The SMILES string of the molecule is CCN(O)S(=O)(=O)c1cnc(C)[nH]1. The summed E-state index contributed by atoms with van der Waals surface area (Å²) in [6.07, 6.45) is 1.17. The summed E-state index contributed by atoms with van der Waals surface area (Å²) in [7, 11) is -3.80. The van der Waals surface area contributed by atoms with Gasteiger partial charge in [-0.15, -0.1) is 0 Å². The topological polar surface area (TPSA) is 86.3 Å². The van der Waals surface area contributed by atoms with Crippen LogP contribution in [-0.2, 0) is 10.0 Å². The molecule has 0 aliphatic carbocycles. The lowest BCUT2D eigenvalue weighted by Crippen LogP contribution is -2.27. The van der Waals surface area contributed by atoms with Crippen LogP contribution in [0.2, 0.25) is 0 Å². The van der Waals surface area contributed by atoms with Gasteiger partial charge in [0, 0.05) is 6.54 Å². The van der Waals surface area contributed by atoms with E-state index in [0.717, 1.165) is 0 Å². The zero-order chi connectivity index (χ0) is 10.1. The van der Waals surface area contributed by atoms with Crippen molar-refractivity contribution in [3.8, 4) is 0 Å². The Bertz CT molecular complexity index is 384. The van der Waals surface area contributed by atoms with Gasteiger partial charge in [-0.1, -0.05) is 4.47 Å². The summed E-state index contributed by atoms with van der Waals surface area (Å²) in [5, 5.41) is 8.94. The fraction of sp³-hybridized carbons (Fsp3) is 0.500. The van der Waals surface area contributed by atoms with Crippen LogP contribution in [0.25, 0.3) is 0 Å². The van der Waals surface area contributed by atoms with Gasteiger partial charge in [0.2, 0.25) is 0 Å². The predicted molar refractivity (Wildman–Crippen MR) is 44.7 cm³/mol. The molecular weight excluding hydrogens is 194 g/mol. The second kappa shape index (κ2) is 3.44. The Balaban J connectivity index is 3.08. The second-order valence-electron chi connectivity index (χ2n) is 2.48. The number of aryl methyl sites for hydroxylation is 1. The van der Waals surface area contributed by atoms with Crippen LogP contribution in [0.4, 0.5) is 0 Å². The lowest BCUT2D eigenvalue weighted by molar-refractivity contribution is 0.00830. The molecule has 6 nitrogen and oxygen atoms in total. The summed E-state index contributed by atoms with van der Waals surface area (Å²) >= 11 is 0. The number of hydrogen-bond donors (Lipinski definition) is 2. The van der Waals surface area contributed by atoms with Gasteiger partial charge >= 0.3 is 0 Å². The number of nitrogens with zero attached hydrogens (tertiary/aromatic N) is 2. The van der Waals surface area contributed by atoms with E-state index in [2.05, 4.69) is 9.97 Å². The van der Waals surface area contributed by atoms with Crippen molar-refractivity contribution in [2.24, 2.45) is 0 Å². The Hall–Kier alpha value is -0.920. The molecule has 0 amide bonds. The van der Waals surface area contributed by atoms with E-state index < -0.39 is 10.0 Å². The van der Waals surface area contributed by atoms with Crippen molar-refractivity contribution in [3.05, 3.63) is 12.0 Å². The molecule has 1 aromatic rings. The zero-order valence-corrected chi connectivity index (χ0v) is 8.17. The molecule has 0 fully saturated rings. The van der Waals surface area contributed by atoms with E-state index in [1.165, 1.54) is 13.1 Å². The number of H-pyrrole nitrogens is 1. The second-order valence-corrected chi connectivity index (χ2v) is 4.29. The van der Waals surface area contributed by atoms with Gasteiger partial charge in [0.25, 0.3) is 10.0 Å². The maximum atomic E-state index is 11.4. The zero-order valence-electron chi connectivity index (χ0n) is 7.35. The number of rotatable bonds is 3. The standard InChI is InChI=1S/C6H11N3O3S/c1-3-9(10)13(11,12)6-4-7-5(2)8-6/h4,10H,3H2,1-2H3,(H,7,8). The highest BCUT2D eigenvalue weighted by atomic mass is 32.2. The number of aromatic nitrogens is 2. The van der Waals surface area contributed by atoms with Gasteiger partial charge in [0.05, 0.1) is 6.20 Å². The molecule has 0 aliphatic rings. The van der Waals surface area contributed by atoms with Crippen LogP contribution in [0, 0.1) is 6.92 Å². The largest absolute Gasteiger partial charge is 0.332 e. The maximum absolute atomic E-state index is 11.4. The summed E-state index contributed by atoms with van der Waals surface area (Å²) in [5.74, 6) is 0.489. The molecule has 1 aromatic heterocycles. The van der Waals surface area contributed by atoms with E-state index in [4.69, 9.17) is 5.21 Å².